The number of carbonyl (C=O) groups is 1. The molecule has 0 fully saturated rings. The lowest BCUT2D eigenvalue weighted by atomic mass is 9.85. The minimum absolute atomic E-state index is 0.462. The number of nitrogens with zero attached hydrogens (tertiary/aromatic N) is 1. The van der Waals surface area contributed by atoms with Gasteiger partial charge in [-0.25, -0.2) is 5.43 Å². The molecule has 4 aromatic rings. The van der Waals surface area contributed by atoms with Crippen LogP contribution in [-0.4, -0.2) is 17.2 Å². The maximum absolute atomic E-state index is 13.0. The maximum Gasteiger partial charge on any atom is 0.281 e. The normalized spacial score (nSPS) is 11.3. The Bertz CT molecular complexity index is 1150. The zero-order valence-electron chi connectivity index (χ0n) is 18.0. The standard InChI is InChI=1S/C28H24N2O3/c31-27(28(32,24-12-6-2-7-13-24)25-14-8-3-9-15-25)30-29-20-22-16-18-26(19-17-22)33-21-23-10-4-1-5-11-23/h1-20,32H,21H2,(H,30,31)/b29-20-. The van der Waals surface area contributed by atoms with Crippen molar-refractivity contribution in [2.75, 3.05) is 0 Å². The Kier molecular flexibility index (Phi) is 6.93. The topological polar surface area (TPSA) is 70.9 Å². The average Bonchev–Trinajstić information content (AvgIpc) is 2.89. The highest BCUT2D eigenvalue weighted by Crippen LogP contribution is 2.29. The fourth-order valence-corrected chi connectivity index (χ4v) is 3.42. The van der Waals surface area contributed by atoms with Crippen molar-refractivity contribution in [3.05, 3.63) is 138 Å². The minimum Gasteiger partial charge on any atom is -0.489 e. The molecular weight excluding hydrogens is 412 g/mol. The van der Waals surface area contributed by atoms with E-state index in [0.717, 1.165) is 16.9 Å². The SMILES string of the molecule is O=C(N/N=C\c1ccc(OCc2ccccc2)cc1)C(O)(c1ccccc1)c1ccccc1. The summed E-state index contributed by atoms with van der Waals surface area (Å²) in [4.78, 5) is 13.0. The van der Waals surface area contributed by atoms with Gasteiger partial charge in [-0.3, -0.25) is 4.79 Å². The van der Waals surface area contributed by atoms with Gasteiger partial charge in [-0.1, -0.05) is 91.0 Å². The van der Waals surface area contributed by atoms with Crippen molar-refractivity contribution >= 4 is 12.1 Å². The molecule has 0 bridgehead atoms. The number of aliphatic hydroxyl groups is 1. The third-order valence-electron chi connectivity index (χ3n) is 5.22. The molecule has 4 aromatic carbocycles. The van der Waals surface area contributed by atoms with Crippen molar-refractivity contribution in [3.63, 3.8) is 0 Å². The summed E-state index contributed by atoms with van der Waals surface area (Å²) < 4.78 is 5.79. The smallest absolute Gasteiger partial charge is 0.281 e. The number of amides is 1. The fraction of sp³-hybridized carbons (Fsp3) is 0.0714. The van der Waals surface area contributed by atoms with E-state index in [1.54, 1.807) is 48.5 Å². The molecule has 0 saturated heterocycles. The first-order valence-corrected chi connectivity index (χ1v) is 10.6. The van der Waals surface area contributed by atoms with E-state index >= 15 is 0 Å². The Balaban J connectivity index is 1.43. The molecular formula is C28H24N2O3. The first-order valence-electron chi connectivity index (χ1n) is 10.6. The molecule has 0 aromatic heterocycles. The molecule has 0 aliphatic rings. The van der Waals surface area contributed by atoms with Crippen LogP contribution < -0.4 is 10.2 Å². The molecule has 0 atom stereocenters. The molecule has 5 heteroatoms. The number of hydrazone groups is 1. The van der Waals surface area contributed by atoms with Gasteiger partial charge in [-0.05, 0) is 46.5 Å². The number of hydrogen-bond acceptors (Lipinski definition) is 4. The average molecular weight is 437 g/mol. The molecule has 0 heterocycles. The molecule has 164 valence electrons. The minimum atomic E-state index is -1.87. The van der Waals surface area contributed by atoms with E-state index in [0.29, 0.717) is 17.7 Å². The van der Waals surface area contributed by atoms with E-state index in [1.807, 2.05) is 66.7 Å². The quantitative estimate of drug-likeness (QED) is 0.312. The van der Waals surface area contributed by atoms with Gasteiger partial charge in [0, 0.05) is 0 Å². The van der Waals surface area contributed by atoms with E-state index in [2.05, 4.69) is 10.5 Å². The van der Waals surface area contributed by atoms with Gasteiger partial charge in [-0.2, -0.15) is 5.10 Å². The molecule has 1 amide bonds. The largest absolute Gasteiger partial charge is 0.489 e. The third-order valence-corrected chi connectivity index (χ3v) is 5.22. The lowest BCUT2D eigenvalue weighted by Gasteiger charge is -2.27. The zero-order valence-corrected chi connectivity index (χ0v) is 18.0. The second-order valence-corrected chi connectivity index (χ2v) is 7.48. The van der Waals surface area contributed by atoms with E-state index in [4.69, 9.17) is 4.74 Å². The van der Waals surface area contributed by atoms with Crippen molar-refractivity contribution < 1.29 is 14.6 Å². The molecule has 5 nitrogen and oxygen atoms in total. The van der Waals surface area contributed by atoms with Gasteiger partial charge in [0.15, 0.2) is 5.60 Å². The number of ether oxygens (including phenoxy) is 1. The Labute approximate surface area is 193 Å². The third kappa shape index (κ3) is 5.34. The van der Waals surface area contributed by atoms with Crippen LogP contribution in [0.1, 0.15) is 22.3 Å². The van der Waals surface area contributed by atoms with Gasteiger partial charge in [0.05, 0.1) is 6.21 Å². The van der Waals surface area contributed by atoms with Crippen LogP contribution in [0.5, 0.6) is 5.75 Å². The number of rotatable bonds is 8. The molecule has 33 heavy (non-hydrogen) atoms. The summed E-state index contributed by atoms with van der Waals surface area (Å²) in [5.74, 6) is 0.0986. The Morgan fingerprint density at radius 1 is 0.788 bits per heavy atom. The van der Waals surface area contributed by atoms with Crippen LogP contribution in [0, 0.1) is 0 Å². The van der Waals surface area contributed by atoms with E-state index in [1.165, 1.54) is 6.21 Å². The van der Waals surface area contributed by atoms with Crippen LogP contribution in [0.15, 0.2) is 120 Å². The van der Waals surface area contributed by atoms with Gasteiger partial charge in [-0.15, -0.1) is 0 Å². The molecule has 0 aliphatic carbocycles. The van der Waals surface area contributed by atoms with Gasteiger partial charge in [0.2, 0.25) is 0 Å². The Hall–Kier alpha value is -4.22. The predicted molar refractivity (Wildman–Crippen MR) is 129 cm³/mol. The summed E-state index contributed by atoms with van der Waals surface area (Å²) in [7, 11) is 0. The monoisotopic (exact) mass is 436 g/mol. The first kappa shape index (κ1) is 22.0. The van der Waals surface area contributed by atoms with Crippen molar-refractivity contribution in [1.29, 1.82) is 0 Å². The second kappa shape index (κ2) is 10.4. The molecule has 0 radical (unpaired) electrons. The Morgan fingerprint density at radius 3 is 1.85 bits per heavy atom. The molecule has 0 spiro atoms. The maximum atomic E-state index is 13.0. The first-order chi connectivity index (χ1) is 16.2. The van der Waals surface area contributed by atoms with Crippen LogP contribution in [0.4, 0.5) is 0 Å². The van der Waals surface area contributed by atoms with E-state index in [9.17, 15) is 9.90 Å². The molecule has 0 aliphatic heterocycles. The molecule has 4 rings (SSSR count). The van der Waals surface area contributed by atoms with Crippen LogP contribution in [0.3, 0.4) is 0 Å². The summed E-state index contributed by atoms with van der Waals surface area (Å²) in [5, 5.41) is 15.5. The van der Waals surface area contributed by atoms with Crippen molar-refractivity contribution in [2.45, 2.75) is 12.2 Å². The molecule has 0 saturated carbocycles. The van der Waals surface area contributed by atoms with Crippen LogP contribution in [-0.2, 0) is 17.0 Å². The summed E-state index contributed by atoms with van der Waals surface area (Å²) in [5.41, 5.74) is 3.41. The van der Waals surface area contributed by atoms with Gasteiger partial charge in [0.1, 0.15) is 12.4 Å². The summed E-state index contributed by atoms with van der Waals surface area (Å²) in [6.45, 7) is 0.488. The van der Waals surface area contributed by atoms with Crippen LogP contribution in [0.2, 0.25) is 0 Å². The molecule has 2 N–H and O–H groups in total. The van der Waals surface area contributed by atoms with E-state index < -0.39 is 11.5 Å². The van der Waals surface area contributed by atoms with Gasteiger partial charge < -0.3 is 9.84 Å². The molecule has 0 unspecified atom stereocenters. The van der Waals surface area contributed by atoms with Crippen molar-refractivity contribution in [1.82, 2.24) is 5.43 Å². The zero-order chi connectivity index (χ0) is 22.9. The highest BCUT2D eigenvalue weighted by molar-refractivity contribution is 5.91. The summed E-state index contributed by atoms with van der Waals surface area (Å²) in [6, 6.07) is 34.9. The van der Waals surface area contributed by atoms with Gasteiger partial charge >= 0.3 is 0 Å². The highest BCUT2D eigenvalue weighted by atomic mass is 16.5. The van der Waals surface area contributed by atoms with E-state index in [-0.39, 0.29) is 0 Å². The predicted octanol–water partition coefficient (Wildman–Crippen LogP) is 4.65. The van der Waals surface area contributed by atoms with Crippen LogP contribution in [0.25, 0.3) is 0 Å². The summed E-state index contributed by atoms with van der Waals surface area (Å²) in [6.07, 6.45) is 1.52. The number of hydrogen-bond donors (Lipinski definition) is 2. The highest BCUT2D eigenvalue weighted by Gasteiger charge is 2.39. The fourth-order valence-electron chi connectivity index (χ4n) is 3.42. The number of benzene rings is 4. The second-order valence-electron chi connectivity index (χ2n) is 7.48. The van der Waals surface area contributed by atoms with Crippen molar-refractivity contribution in [2.24, 2.45) is 5.10 Å². The summed E-state index contributed by atoms with van der Waals surface area (Å²) >= 11 is 0. The van der Waals surface area contributed by atoms with Crippen LogP contribution >= 0.6 is 0 Å². The van der Waals surface area contributed by atoms with Gasteiger partial charge in [0.25, 0.3) is 5.91 Å². The lowest BCUT2D eigenvalue weighted by molar-refractivity contribution is -0.136. The number of carbonyl (C=O) groups excluding carboxylic acids is 1. The van der Waals surface area contributed by atoms with Crippen molar-refractivity contribution in [3.8, 4) is 5.75 Å². The number of nitrogens with one attached hydrogen (secondary N) is 1. The lowest BCUT2D eigenvalue weighted by Crippen LogP contribution is -2.43. The Morgan fingerprint density at radius 2 is 1.30 bits per heavy atom.